The number of hydrogen-bond acceptors (Lipinski definition) is 6. The normalized spacial score (nSPS) is 13.0. The van der Waals surface area contributed by atoms with Crippen LogP contribution in [0.25, 0.3) is 0 Å². The van der Waals surface area contributed by atoms with Crippen molar-refractivity contribution >= 4 is 17.8 Å². The monoisotopic (exact) mass is 733 g/mol. The largest absolute Gasteiger partial charge is 0.461 e. The van der Waals surface area contributed by atoms with Crippen molar-refractivity contribution in [1.29, 1.82) is 0 Å². The van der Waals surface area contributed by atoms with E-state index < -0.39 is 0 Å². The van der Waals surface area contributed by atoms with Crippen molar-refractivity contribution in [2.45, 2.75) is 188 Å². The van der Waals surface area contributed by atoms with E-state index in [9.17, 15) is 14.4 Å². The summed E-state index contributed by atoms with van der Waals surface area (Å²) in [5.74, 6) is 1.31. The Bertz CT molecular complexity index is 850. The van der Waals surface area contributed by atoms with Gasteiger partial charge in [0.05, 0.1) is 0 Å². The number of nitrogens with zero attached hydrogens (tertiary/aromatic N) is 1. The van der Waals surface area contributed by atoms with Gasteiger partial charge in [-0.15, -0.1) is 0 Å². The fourth-order valence-electron chi connectivity index (χ4n) is 6.57. The number of carbonyl (C=O) groups excluding carboxylic acids is 3. The van der Waals surface area contributed by atoms with E-state index >= 15 is 0 Å². The van der Waals surface area contributed by atoms with Crippen LogP contribution >= 0.6 is 0 Å². The summed E-state index contributed by atoms with van der Waals surface area (Å²) in [7, 11) is 4.17. The van der Waals surface area contributed by atoms with E-state index in [1.807, 2.05) is 12.2 Å². The maximum absolute atomic E-state index is 12.8. The number of nitrogens with one attached hydrogen (secondary N) is 1. The molecule has 0 heterocycles. The second-order valence-electron chi connectivity index (χ2n) is 15.7. The zero-order valence-electron chi connectivity index (χ0n) is 35.0. The van der Waals surface area contributed by atoms with Crippen LogP contribution in [0, 0.1) is 17.8 Å². The number of hydrogen-bond donors (Lipinski definition) is 1. The zero-order chi connectivity index (χ0) is 38.5. The summed E-state index contributed by atoms with van der Waals surface area (Å²) < 4.78 is 10.7. The number of carbonyl (C=O) groups is 3. The molecule has 0 saturated heterocycles. The minimum absolute atomic E-state index is 0.0898. The lowest BCUT2D eigenvalue weighted by Crippen LogP contribution is -2.33. The van der Waals surface area contributed by atoms with Crippen molar-refractivity contribution in [1.82, 2.24) is 10.2 Å². The summed E-state index contributed by atoms with van der Waals surface area (Å²) in [4.78, 5) is 39.2. The molecule has 7 heteroatoms. The molecule has 0 aromatic heterocycles. The molecular formula is C45H84N2O5. The van der Waals surface area contributed by atoms with Gasteiger partial charge in [0.25, 0.3) is 0 Å². The Kier molecular flexibility index (Phi) is 35.6. The molecule has 304 valence electrons. The molecule has 52 heavy (non-hydrogen) atoms. The predicted octanol–water partition coefficient (Wildman–Crippen LogP) is 11.5. The van der Waals surface area contributed by atoms with Crippen molar-refractivity contribution in [3.05, 3.63) is 24.3 Å². The lowest BCUT2D eigenvalue weighted by molar-refractivity contribution is -0.143. The molecule has 0 fully saturated rings. The van der Waals surface area contributed by atoms with Crippen molar-refractivity contribution in [2.75, 3.05) is 40.4 Å². The third kappa shape index (κ3) is 34.9. The minimum Gasteiger partial charge on any atom is -0.461 e. The van der Waals surface area contributed by atoms with Gasteiger partial charge in [0.1, 0.15) is 13.2 Å². The van der Waals surface area contributed by atoms with Gasteiger partial charge in [-0.3, -0.25) is 14.4 Å². The molecular weight excluding hydrogens is 649 g/mol. The highest BCUT2D eigenvalue weighted by Crippen LogP contribution is 2.20. The molecule has 0 bridgehead atoms. The second-order valence-corrected chi connectivity index (χ2v) is 15.7. The molecule has 0 spiro atoms. The van der Waals surface area contributed by atoms with Crippen LogP contribution < -0.4 is 5.32 Å². The van der Waals surface area contributed by atoms with Gasteiger partial charge in [-0.2, -0.15) is 0 Å². The lowest BCUT2D eigenvalue weighted by atomic mass is 9.91. The van der Waals surface area contributed by atoms with Crippen LogP contribution in [0.15, 0.2) is 24.3 Å². The molecule has 0 aromatic rings. The van der Waals surface area contributed by atoms with Gasteiger partial charge < -0.3 is 19.7 Å². The number of allylic oxidation sites excluding steroid dienone is 2. The van der Waals surface area contributed by atoms with Gasteiger partial charge in [0.2, 0.25) is 5.91 Å². The molecule has 7 nitrogen and oxygen atoms in total. The van der Waals surface area contributed by atoms with E-state index in [0.29, 0.717) is 50.2 Å². The standard InChI is InChI=1S/C45H84N2O5/c1-7-9-11-13-15-23-29-35-51-44(49)33-27-21-17-19-25-31-42(38-46-43(48)37-40(3)41(4)39-47(5)6)32-26-20-18-22-28-34-45(50)52-36-30-24-16-14-12-10-8-2/h23-24,29-30,40-42H,7-22,25-28,31-39H2,1-6H3,(H,46,48)/b29-23-,30-24-. The van der Waals surface area contributed by atoms with Gasteiger partial charge in [0, 0.05) is 32.4 Å². The van der Waals surface area contributed by atoms with E-state index in [-0.39, 0.29) is 17.8 Å². The third-order valence-corrected chi connectivity index (χ3v) is 10.2. The number of unbranched alkanes of at least 4 members (excludes halogenated alkanes) is 16. The Labute approximate surface area is 321 Å². The van der Waals surface area contributed by atoms with Crippen LogP contribution in [-0.4, -0.2) is 63.1 Å². The summed E-state index contributed by atoms with van der Waals surface area (Å²) in [5, 5.41) is 3.28. The maximum atomic E-state index is 12.8. The topological polar surface area (TPSA) is 84.9 Å². The van der Waals surface area contributed by atoms with Crippen LogP contribution in [0.4, 0.5) is 0 Å². The first-order valence-corrected chi connectivity index (χ1v) is 21.7. The summed E-state index contributed by atoms with van der Waals surface area (Å²) in [6, 6.07) is 0. The number of rotatable bonds is 37. The molecule has 1 N–H and O–H groups in total. The summed E-state index contributed by atoms with van der Waals surface area (Å²) in [6.07, 6.45) is 35.0. The molecule has 2 atom stereocenters. The van der Waals surface area contributed by atoms with Crippen molar-refractivity contribution < 1.29 is 23.9 Å². The van der Waals surface area contributed by atoms with Crippen LogP contribution in [-0.2, 0) is 23.9 Å². The molecule has 0 radical (unpaired) electrons. The Morgan fingerprint density at radius 3 is 1.48 bits per heavy atom. The number of ether oxygens (including phenoxy) is 2. The fourth-order valence-corrected chi connectivity index (χ4v) is 6.57. The highest BCUT2D eigenvalue weighted by molar-refractivity contribution is 5.76. The van der Waals surface area contributed by atoms with Crippen molar-refractivity contribution in [2.24, 2.45) is 17.8 Å². The van der Waals surface area contributed by atoms with E-state index in [2.05, 4.69) is 64.2 Å². The minimum atomic E-state index is -0.0898. The molecule has 1 amide bonds. The lowest BCUT2D eigenvalue weighted by Gasteiger charge is -2.23. The average molecular weight is 733 g/mol. The van der Waals surface area contributed by atoms with Crippen molar-refractivity contribution in [3.8, 4) is 0 Å². The summed E-state index contributed by atoms with van der Waals surface area (Å²) >= 11 is 0. The van der Waals surface area contributed by atoms with Gasteiger partial charge >= 0.3 is 11.9 Å². The molecule has 0 aliphatic carbocycles. The van der Waals surface area contributed by atoms with E-state index in [1.54, 1.807) is 0 Å². The Morgan fingerprint density at radius 2 is 1.02 bits per heavy atom. The Hall–Kier alpha value is -2.15. The van der Waals surface area contributed by atoms with Gasteiger partial charge in [-0.1, -0.05) is 142 Å². The number of amides is 1. The predicted molar refractivity (Wildman–Crippen MR) is 220 cm³/mol. The zero-order valence-corrected chi connectivity index (χ0v) is 35.0. The van der Waals surface area contributed by atoms with Crippen LogP contribution in [0.3, 0.4) is 0 Å². The summed E-state index contributed by atoms with van der Waals surface area (Å²) in [6.45, 7) is 11.4. The smallest absolute Gasteiger partial charge is 0.306 e. The fraction of sp³-hybridized carbons (Fsp3) is 0.844. The van der Waals surface area contributed by atoms with E-state index in [1.165, 1.54) is 51.4 Å². The molecule has 0 rings (SSSR count). The first-order chi connectivity index (χ1) is 25.2. The first kappa shape index (κ1) is 49.9. The highest BCUT2D eigenvalue weighted by atomic mass is 16.5. The molecule has 2 unspecified atom stereocenters. The summed E-state index contributed by atoms with van der Waals surface area (Å²) in [5.41, 5.74) is 0. The average Bonchev–Trinajstić information content (AvgIpc) is 3.11. The van der Waals surface area contributed by atoms with E-state index in [4.69, 9.17) is 9.47 Å². The van der Waals surface area contributed by atoms with Crippen LogP contribution in [0.2, 0.25) is 0 Å². The van der Waals surface area contributed by atoms with E-state index in [0.717, 1.165) is 103 Å². The third-order valence-electron chi connectivity index (χ3n) is 10.2. The first-order valence-electron chi connectivity index (χ1n) is 21.7. The second kappa shape index (κ2) is 37.2. The highest BCUT2D eigenvalue weighted by Gasteiger charge is 2.18. The molecule has 0 aromatic carbocycles. The van der Waals surface area contributed by atoms with Gasteiger partial charge in [-0.25, -0.2) is 0 Å². The quantitative estimate of drug-likeness (QED) is 0.0389. The Morgan fingerprint density at radius 1 is 0.577 bits per heavy atom. The van der Waals surface area contributed by atoms with Crippen molar-refractivity contribution in [3.63, 3.8) is 0 Å². The Balaban J connectivity index is 4.35. The van der Waals surface area contributed by atoms with Crippen LogP contribution in [0.1, 0.15) is 188 Å². The number of esters is 2. The molecule has 0 aliphatic heterocycles. The molecule has 0 saturated carbocycles. The van der Waals surface area contributed by atoms with Gasteiger partial charge in [0.15, 0.2) is 0 Å². The van der Waals surface area contributed by atoms with Gasteiger partial charge in [-0.05, 0) is 83.2 Å². The maximum Gasteiger partial charge on any atom is 0.306 e. The van der Waals surface area contributed by atoms with Crippen LogP contribution in [0.5, 0.6) is 0 Å². The molecule has 0 aliphatic rings. The SMILES string of the molecule is CCCCCC/C=C\COC(=O)CCCCCCCC(CCCCCCCC(=O)OC/C=C\CCCCCC)CNC(=O)CC(C)C(C)CN(C)C.